The summed E-state index contributed by atoms with van der Waals surface area (Å²) in [7, 11) is 1.44. The van der Waals surface area contributed by atoms with Crippen LogP contribution in [0.5, 0.6) is 11.5 Å². The van der Waals surface area contributed by atoms with Crippen LogP contribution >= 0.6 is 0 Å². The minimum Gasteiger partial charge on any atom is -0.452 e. The summed E-state index contributed by atoms with van der Waals surface area (Å²) in [6, 6.07) is 16.2. The lowest BCUT2D eigenvalue weighted by Gasteiger charge is -2.39. The number of cyclic esters (lactones) is 1. The molecule has 54 heavy (non-hydrogen) atoms. The third-order valence-corrected chi connectivity index (χ3v) is 9.27. The zero-order valence-electron chi connectivity index (χ0n) is 30.9. The van der Waals surface area contributed by atoms with Crippen LogP contribution in [0.25, 0.3) is 11.1 Å². The molecular formula is C39H43F2N3O10. The van der Waals surface area contributed by atoms with E-state index in [1.54, 1.807) is 46.8 Å². The van der Waals surface area contributed by atoms with Crippen LogP contribution in [0, 0.1) is 5.92 Å². The first-order chi connectivity index (χ1) is 25.4. The zero-order chi connectivity index (χ0) is 39.2. The summed E-state index contributed by atoms with van der Waals surface area (Å²) in [5.41, 5.74) is 1.46. The zero-order valence-corrected chi connectivity index (χ0v) is 30.9. The molecule has 3 aromatic carbocycles. The number of piperidine rings is 1. The Morgan fingerprint density at radius 1 is 0.981 bits per heavy atom. The van der Waals surface area contributed by atoms with E-state index in [1.165, 1.54) is 24.1 Å². The van der Waals surface area contributed by atoms with Gasteiger partial charge in [0.2, 0.25) is 5.79 Å². The molecular weight excluding hydrogens is 708 g/mol. The summed E-state index contributed by atoms with van der Waals surface area (Å²) >= 11 is 0. The summed E-state index contributed by atoms with van der Waals surface area (Å²) in [5, 5.41) is 11.9. The quantitative estimate of drug-likeness (QED) is 0.114. The van der Waals surface area contributed by atoms with E-state index in [2.05, 4.69) is 0 Å². The Morgan fingerprint density at radius 3 is 2.43 bits per heavy atom. The highest BCUT2D eigenvalue weighted by molar-refractivity contribution is 6.02. The predicted molar refractivity (Wildman–Crippen MR) is 191 cm³/mol. The molecule has 1 fully saturated rings. The summed E-state index contributed by atoms with van der Waals surface area (Å²) < 4.78 is 55.6. The Hall–Kier alpha value is -5.28. The Balaban J connectivity index is 1.33. The number of ether oxygens (including phenoxy) is 5. The second kappa shape index (κ2) is 14.5. The van der Waals surface area contributed by atoms with Gasteiger partial charge in [0.15, 0.2) is 5.75 Å². The number of amides is 3. The number of hydrogen-bond acceptors (Lipinski definition) is 10. The molecule has 3 aliphatic heterocycles. The SMILES string of the molecule is COCCCN1C(=O)C(F)(F)Oc2ccc(N(O)C(=O)[C@H]3CN(C(=O)OC(C)(C)C)CC[C@@H]3c3cccc(-c4ccc5c(c4)C(=O)OC(C)(C)O5)c3)cc21. The van der Waals surface area contributed by atoms with E-state index in [0.29, 0.717) is 22.8 Å². The van der Waals surface area contributed by atoms with Crippen molar-refractivity contribution < 1.29 is 56.9 Å². The fraction of sp³-hybridized carbons (Fsp3) is 0.436. The van der Waals surface area contributed by atoms with Gasteiger partial charge in [-0.2, -0.15) is 13.8 Å². The summed E-state index contributed by atoms with van der Waals surface area (Å²) in [6.45, 7) is 8.68. The molecule has 0 unspecified atom stereocenters. The molecule has 3 aliphatic rings. The maximum absolute atomic E-state index is 14.5. The van der Waals surface area contributed by atoms with E-state index in [1.807, 2.05) is 30.3 Å². The van der Waals surface area contributed by atoms with Gasteiger partial charge in [0.1, 0.15) is 16.9 Å². The first-order valence-electron chi connectivity index (χ1n) is 17.6. The van der Waals surface area contributed by atoms with Gasteiger partial charge in [-0.15, -0.1) is 0 Å². The third kappa shape index (κ3) is 7.97. The topological polar surface area (TPSA) is 144 Å². The van der Waals surface area contributed by atoms with Gasteiger partial charge in [0.25, 0.3) is 5.91 Å². The van der Waals surface area contributed by atoms with Crippen molar-refractivity contribution in [2.45, 2.75) is 70.9 Å². The van der Waals surface area contributed by atoms with Crippen molar-refractivity contribution in [1.29, 1.82) is 0 Å². The number of carbonyl (C=O) groups excluding carboxylic acids is 4. The number of carbonyl (C=O) groups is 4. The highest BCUT2D eigenvalue weighted by Crippen LogP contribution is 2.43. The Kier molecular flexibility index (Phi) is 10.3. The highest BCUT2D eigenvalue weighted by Gasteiger charge is 2.51. The van der Waals surface area contributed by atoms with Crippen molar-refractivity contribution in [3.05, 3.63) is 71.8 Å². The van der Waals surface area contributed by atoms with Crippen molar-refractivity contribution in [3.8, 4) is 22.6 Å². The van der Waals surface area contributed by atoms with E-state index in [-0.39, 0.29) is 55.3 Å². The van der Waals surface area contributed by atoms with Crippen LogP contribution in [-0.4, -0.2) is 84.8 Å². The van der Waals surface area contributed by atoms with Gasteiger partial charge >= 0.3 is 24.1 Å². The van der Waals surface area contributed by atoms with Gasteiger partial charge in [-0.05, 0) is 86.6 Å². The van der Waals surface area contributed by atoms with E-state index in [9.17, 15) is 33.2 Å². The molecule has 0 radical (unpaired) electrons. The smallest absolute Gasteiger partial charge is 0.452 e. The number of rotatable bonds is 8. The third-order valence-electron chi connectivity index (χ3n) is 9.27. The molecule has 0 aromatic heterocycles. The lowest BCUT2D eigenvalue weighted by atomic mass is 9.79. The maximum atomic E-state index is 14.5. The number of likely N-dealkylation sites (tertiary alicyclic amines) is 1. The molecule has 13 nitrogen and oxygen atoms in total. The summed E-state index contributed by atoms with van der Waals surface area (Å²) in [4.78, 5) is 55.3. The number of anilines is 2. The number of esters is 1. The van der Waals surface area contributed by atoms with Crippen LogP contribution in [0.3, 0.4) is 0 Å². The van der Waals surface area contributed by atoms with E-state index in [4.69, 9.17) is 23.7 Å². The molecule has 6 rings (SSSR count). The van der Waals surface area contributed by atoms with Crippen molar-refractivity contribution in [2.75, 3.05) is 43.3 Å². The van der Waals surface area contributed by atoms with Gasteiger partial charge in [0.05, 0.1) is 17.3 Å². The molecule has 0 saturated carbocycles. The van der Waals surface area contributed by atoms with Crippen LogP contribution in [-0.2, 0) is 23.8 Å². The average molecular weight is 752 g/mol. The molecule has 1 saturated heterocycles. The number of hydroxylamine groups is 1. The van der Waals surface area contributed by atoms with Gasteiger partial charge in [-0.25, -0.2) is 9.59 Å². The van der Waals surface area contributed by atoms with Crippen molar-refractivity contribution >= 4 is 35.3 Å². The minimum atomic E-state index is -4.11. The molecule has 0 bridgehead atoms. The maximum Gasteiger partial charge on any atom is 0.482 e. The Labute approximate surface area is 311 Å². The monoisotopic (exact) mass is 751 g/mol. The molecule has 0 aliphatic carbocycles. The lowest BCUT2D eigenvalue weighted by Crippen LogP contribution is -2.51. The van der Waals surface area contributed by atoms with Crippen molar-refractivity contribution in [1.82, 2.24) is 4.90 Å². The fourth-order valence-electron chi connectivity index (χ4n) is 6.82. The van der Waals surface area contributed by atoms with Crippen LogP contribution in [0.15, 0.2) is 60.7 Å². The summed E-state index contributed by atoms with van der Waals surface area (Å²) in [5.74, 6) is -5.43. The molecule has 15 heteroatoms. The lowest BCUT2D eigenvalue weighted by molar-refractivity contribution is -0.192. The highest BCUT2D eigenvalue weighted by atomic mass is 19.3. The van der Waals surface area contributed by atoms with Crippen LogP contribution in [0.4, 0.5) is 25.0 Å². The number of benzene rings is 3. The fourth-order valence-corrected chi connectivity index (χ4v) is 6.82. The standard InChI is InChI=1S/C39H43F2N3O10/c1-37(2,3)54-36(48)42-17-15-27(25-10-7-9-23(19-25)24-11-13-31-28(20-24)34(46)53-38(4,5)51-31)29(22-42)33(45)44(49)26-12-14-32-30(21-26)43(16-8-18-50-6)35(47)39(40,41)52-32/h7,9-14,19-21,27,29,49H,8,15-18,22H2,1-6H3/t27-,29+/m1/s1. The second-order valence-electron chi connectivity index (χ2n) is 14.9. The number of alkyl halides is 2. The van der Waals surface area contributed by atoms with Crippen LogP contribution in [0.2, 0.25) is 0 Å². The number of halogens is 2. The van der Waals surface area contributed by atoms with Crippen molar-refractivity contribution in [3.63, 3.8) is 0 Å². The molecule has 1 N–H and O–H groups in total. The van der Waals surface area contributed by atoms with E-state index < -0.39 is 53.2 Å². The molecule has 2 atom stereocenters. The van der Waals surface area contributed by atoms with E-state index >= 15 is 0 Å². The Bertz CT molecular complexity index is 1960. The average Bonchev–Trinajstić information content (AvgIpc) is 3.11. The Morgan fingerprint density at radius 2 is 1.70 bits per heavy atom. The first-order valence-corrected chi connectivity index (χ1v) is 17.6. The minimum absolute atomic E-state index is 0.0578. The van der Waals surface area contributed by atoms with Gasteiger partial charge in [0, 0.05) is 47.2 Å². The van der Waals surface area contributed by atoms with Gasteiger partial charge in [-0.3, -0.25) is 14.8 Å². The van der Waals surface area contributed by atoms with Crippen LogP contribution < -0.4 is 19.4 Å². The molecule has 0 spiro atoms. The predicted octanol–water partition coefficient (Wildman–Crippen LogP) is 6.76. The second-order valence-corrected chi connectivity index (χ2v) is 14.9. The van der Waals surface area contributed by atoms with Crippen LogP contribution in [0.1, 0.15) is 69.3 Å². The van der Waals surface area contributed by atoms with E-state index in [0.717, 1.165) is 22.1 Å². The molecule has 3 amide bonds. The van der Waals surface area contributed by atoms with Gasteiger partial charge < -0.3 is 33.5 Å². The number of hydrogen-bond donors (Lipinski definition) is 1. The van der Waals surface area contributed by atoms with Gasteiger partial charge in [-0.1, -0.05) is 30.3 Å². The number of nitrogens with zero attached hydrogens (tertiary/aromatic N) is 3. The molecule has 288 valence electrons. The summed E-state index contributed by atoms with van der Waals surface area (Å²) in [6.07, 6.45) is -4.19. The first kappa shape index (κ1) is 38.4. The number of methoxy groups -OCH3 is 1. The normalized spacial score (nSPS) is 20.2. The molecule has 3 heterocycles. The largest absolute Gasteiger partial charge is 0.482 e. The molecule has 3 aromatic rings. The number of fused-ring (bicyclic) bond motifs is 2. The van der Waals surface area contributed by atoms with Crippen molar-refractivity contribution in [2.24, 2.45) is 5.92 Å².